The second-order valence-corrected chi connectivity index (χ2v) is 10.1. The van der Waals surface area contributed by atoms with Crippen molar-refractivity contribution in [3.63, 3.8) is 0 Å². The molecule has 0 bridgehead atoms. The zero-order chi connectivity index (χ0) is 26.9. The van der Waals surface area contributed by atoms with E-state index >= 15 is 0 Å². The lowest BCUT2D eigenvalue weighted by Gasteiger charge is -2.32. The minimum atomic E-state index is -0.725. The Labute approximate surface area is 229 Å². The average Bonchev–Trinajstić information content (AvgIpc) is 2.89. The van der Waals surface area contributed by atoms with Crippen LogP contribution in [0.4, 0.5) is 0 Å². The van der Waals surface area contributed by atoms with Crippen molar-refractivity contribution in [1.29, 1.82) is 0 Å². The third-order valence-corrected chi connectivity index (χ3v) is 7.16. The second kappa shape index (κ2) is 13.5. The van der Waals surface area contributed by atoms with Crippen LogP contribution < -0.4 is 10.1 Å². The van der Waals surface area contributed by atoms with Gasteiger partial charge in [-0.2, -0.15) is 0 Å². The summed E-state index contributed by atoms with van der Waals surface area (Å²) in [5.41, 5.74) is 3.57. The summed E-state index contributed by atoms with van der Waals surface area (Å²) in [6, 6.07) is 19.9. The molecule has 3 rings (SSSR count). The Balaban J connectivity index is 1.92. The summed E-state index contributed by atoms with van der Waals surface area (Å²) in [4.78, 5) is 28.8. The molecule has 5 nitrogen and oxygen atoms in total. The van der Waals surface area contributed by atoms with Crippen LogP contribution in [-0.2, 0) is 22.6 Å². The van der Waals surface area contributed by atoms with Crippen molar-refractivity contribution in [2.24, 2.45) is 0 Å². The minimum Gasteiger partial charge on any atom is -0.484 e. The van der Waals surface area contributed by atoms with Gasteiger partial charge >= 0.3 is 0 Å². The predicted molar refractivity (Wildman–Crippen MR) is 150 cm³/mol. The molecule has 0 radical (unpaired) electrons. The third kappa shape index (κ3) is 8.24. The number of rotatable bonds is 11. The molecule has 0 heterocycles. The van der Waals surface area contributed by atoms with Crippen LogP contribution in [0.25, 0.3) is 0 Å². The van der Waals surface area contributed by atoms with Crippen molar-refractivity contribution in [3.8, 4) is 5.75 Å². The van der Waals surface area contributed by atoms with E-state index < -0.39 is 6.04 Å². The Morgan fingerprint density at radius 2 is 1.57 bits per heavy atom. The van der Waals surface area contributed by atoms with E-state index in [0.717, 1.165) is 28.7 Å². The molecule has 0 spiro atoms. The quantitative estimate of drug-likeness (QED) is 0.300. The Morgan fingerprint density at radius 3 is 2.16 bits per heavy atom. The molecule has 3 aromatic carbocycles. The molecule has 0 fully saturated rings. The zero-order valence-electron chi connectivity index (χ0n) is 21.8. The SMILES string of the molecule is CC[C@@H](C)NC(=O)[C@H](Cc1ccccc1)N(Cc1ccc(Cl)cc1)C(=O)COc1cc(C)c(Cl)c(C)c1. The van der Waals surface area contributed by atoms with Gasteiger partial charge in [0, 0.05) is 29.1 Å². The molecule has 0 aliphatic heterocycles. The number of aryl methyl sites for hydroxylation is 2. The van der Waals surface area contributed by atoms with E-state index in [9.17, 15) is 9.59 Å². The number of hydrogen-bond donors (Lipinski definition) is 1. The van der Waals surface area contributed by atoms with E-state index in [2.05, 4.69) is 5.32 Å². The number of nitrogens with zero attached hydrogens (tertiary/aromatic N) is 1. The van der Waals surface area contributed by atoms with E-state index in [0.29, 0.717) is 22.2 Å². The van der Waals surface area contributed by atoms with Crippen LogP contribution >= 0.6 is 23.2 Å². The Morgan fingerprint density at radius 1 is 0.946 bits per heavy atom. The van der Waals surface area contributed by atoms with E-state index in [-0.39, 0.29) is 31.0 Å². The van der Waals surface area contributed by atoms with Crippen LogP contribution in [-0.4, -0.2) is 35.4 Å². The number of nitrogens with one attached hydrogen (secondary N) is 1. The van der Waals surface area contributed by atoms with Gasteiger partial charge in [-0.05, 0) is 73.7 Å². The van der Waals surface area contributed by atoms with Crippen molar-refractivity contribution in [2.45, 2.75) is 59.2 Å². The topological polar surface area (TPSA) is 58.6 Å². The normalized spacial score (nSPS) is 12.5. The van der Waals surface area contributed by atoms with Crippen LogP contribution in [0.1, 0.15) is 42.5 Å². The van der Waals surface area contributed by atoms with Gasteiger partial charge in [0.1, 0.15) is 11.8 Å². The zero-order valence-corrected chi connectivity index (χ0v) is 23.3. The standard InChI is InChI=1S/C30H34Cl2N2O3/c1-5-22(4)33-30(36)27(17-23-9-7-6-8-10-23)34(18-24-11-13-25(31)14-12-24)28(35)19-37-26-15-20(2)29(32)21(3)16-26/h6-16,22,27H,5,17-19H2,1-4H3,(H,33,36)/t22-,27+/m1/s1. The van der Waals surface area contributed by atoms with E-state index in [4.69, 9.17) is 27.9 Å². The molecule has 196 valence electrons. The Bertz CT molecular complexity index is 1180. The molecule has 37 heavy (non-hydrogen) atoms. The molecule has 0 unspecified atom stereocenters. The number of carbonyl (C=O) groups is 2. The number of benzene rings is 3. The maximum atomic E-state index is 13.7. The van der Waals surface area contributed by atoms with Crippen molar-refractivity contribution in [1.82, 2.24) is 10.2 Å². The maximum Gasteiger partial charge on any atom is 0.261 e. The summed E-state index contributed by atoms with van der Waals surface area (Å²) >= 11 is 12.4. The first kappa shape index (κ1) is 28.5. The van der Waals surface area contributed by atoms with Gasteiger partial charge in [-0.15, -0.1) is 0 Å². The largest absolute Gasteiger partial charge is 0.484 e. The van der Waals surface area contributed by atoms with Gasteiger partial charge in [-0.1, -0.05) is 72.6 Å². The molecule has 0 aromatic heterocycles. The lowest BCUT2D eigenvalue weighted by atomic mass is 10.0. The van der Waals surface area contributed by atoms with E-state index in [1.165, 1.54) is 0 Å². The highest BCUT2D eigenvalue weighted by Gasteiger charge is 2.31. The molecular formula is C30H34Cl2N2O3. The highest BCUT2D eigenvalue weighted by Crippen LogP contribution is 2.26. The monoisotopic (exact) mass is 540 g/mol. The van der Waals surface area contributed by atoms with Gasteiger partial charge in [0.15, 0.2) is 6.61 Å². The highest BCUT2D eigenvalue weighted by atomic mass is 35.5. The summed E-state index contributed by atoms with van der Waals surface area (Å²) < 4.78 is 5.90. The molecule has 0 aliphatic rings. The fourth-order valence-corrected chi connectivity index (χ4v) is 4.23. The average molecular weight is 542 g/mol. The Kier molecular flexibility index (Phi) is 10.4. The smallest absolute Gasteiger partial charge is 0.261 e. The number of carbonyl (C=O) groups excluding carboxylic acids is 2. The number of ether oxygens (including phenoxy) is 1. The second-order valence-electron chi connectivity index (χ2n) is 9.33. The molecule has 0 saturated heterocycles. The molecule has 1 N–H and O–H groups in total. The molecule has 3 aromatic rings. The molecule has 0 aliphatic carbocycles. The first-order valence-corrected chi connectivity index (χ1v) is 13.2. The van der Waals surface area contributed by atoms with Crippen molar-refractivity contribution < 1.29 is 14.3 Å². The van der Waals surface area contributed by atoms with E-state index in [1.807, 2.05) is 82.3 Å². The summed E-state index contributed by atoms with van der Waals surface area (Å²) in [6.45, 7) is 7.78. The van der Waals surface area contributed by atoms with Gasteiger partial charge in [0.05, 0.1) is 0 Å². The minimum absolute atomic E-state index is 0.0190. The fraction of sp³-hybridized carbons (Fsp3) is 0.333. The van der Waals surface area contributed by atoms with Gasteiger partial charge < -0.3 is 15.0 Å². The lowest BCUT2D eigenvalue weighted by molar-refractivity contribution is -0.143. The molecule has 7 heteroatoms. The fourth-order valence-electron chi connectivity index (χ4n) is 4.00. The third-order valence-electron chi connectivity index (χ3n) is 6.31. The maximum absolute atomic E-state index is 13.7. The lowest BCUT2D eigenvalue weighted by Crippen LogP contribution is -2.53. The van der Waals surface area contributed by atoms with E-state index in [1.54, 1.807) is 17.0 Å². The predicted octanol–water partition coefficient (Wildman–Crippen LogP) is 6.54. The first-order valence-electron chi connectivity index (χ1n) is 12.5. The van der Waals surface area contributed by atoms with Gasteiger partial charge in [0.2, 0.25) is 5.91 Å². The first-order chi connectivity index (χ1) is 17.7. The van der Waals surface area contributed by atoms with Crippen LogP contribution in [0.2, 0.25) is 10.0 Å². The number of hydrogen-bond acceptors (Lipinski definition) is 3. The van der Waals surface area contributed by atoms with Gasteiger partial charge in [-0.3, -0.25) is 9.59 Å². The summed E-state index contributed by atoms with van der Waals surface area (Å²) in [5.74, 6) is 0.0713. The summed E-state index contributed by atoms with van der Waals surface area (Å²) in [5, 5.41) is 4.34. The summed E-state index contributed by atoms with van der Waals surface area (Å²) in [7, 11) is 0. The summed E-state index contributed by atoms with van der Waals surface area (Å²) in [6.07, 6.45) is 1.16. The number of amides is 2. The number of halogens is 2. The van der Waals surface area contributed by atoms with Gasteiger partial charge in [0.25, 0.3) is 5.91 Å². The van der Waals surface area contributed by atoms with Crippen LogP contribution in [0, 0.1) is 13.8 Å². The Hall–Kier alpha value is -3.02. The molecule has 2 amide bonds. The molecular weight excluding hydrogens is 507 g/mol. The molecule has 0 saturated carbocycles. The van der Waals surface area contributed by atoms with Gasteiger partial charge in [-0.25, -0.2) is 0 Å². The van der Waals surface area contributed by atoms with Crippen LogP contribution in [0.15, 0.2) is 66.7 Å². The van der Waals surface area contributed by atoms with Crippen molar-refractivity contribution in [3.05, 3.63) is 99.0 Å². The van der Waals surface area contributed by atoms with Crippen molar-refractivity contribution >= 4 is 35.0 Å². The van der Waals surface area contributed by atoms with Crippen LogP contribution in [0.5, 0.6) is 5.75 Å². The van der Waals surface area contributed by atoms with Crippen molar-refractivity contribution in [2.75, 3.05) is 6.61 Å². The highest BCUT2D eigenvalue weighted by molar-refractivity contribution is 6.32. The molecule has 2 atom stereocenters. The van der Waals surface area contributed by atoms with Crippen LogP contribution in [0.3, 0.4) is 0 Å².